The number of unbranched alkanes of at least 4 members (excludes halogenated alkanes) is 1. The van der Waals surface area contributed by atoms with Gasteiger partial charge in [0, 0.05) is 23.6 Å². The van der Waals surface area contributed by atoms with E-state index in [4.69, 9.17) is 9.15 Å². The smallest absolute Gasteiger partial charge is 0.338 e. The fraction of sp³-hybridized carbons (Fsp3) is 0.290. The molecule has 0 aliphatic carbocycles. The highest BCUT2D eigenvalue weighted by Crippen LogP contribution is 2.28. The molecule has 0 fully saturated rings. The summed E-state index contributed by atoms with van der Waals surface area (Å²) in [7, 11) is -3.93. The molecule has 3 aromatic carbocycles. The first-order valence-electron chi connectivity index (χ1n) is 13.0. The van der Waals surface area contributed by atoms with Crippen molar-refractivity contribution in [3.8, 4) is 0 Å². The second-order valence-electron chi connectivity index (χ2n) is 9.82. The lowest BCUT2D eigenvalue weighted by Gasteiger charge is -2.24. The topological polar surface area (TPSA) is 93.9 Å². The van der Waals surface area contributed by atoms with E-state index >= 15 is 0 Å². The molecule has 1 heterocycles. The Morgan fingerprint density at radius 2 is 1.74 bits per heavy atom. The molecule has 0 N–H and O–H groups in total. The number of carbonyl (C=O) groups excluding carboxylic acids is 1. The third kappa shape index (κ3) is 6.23. The van der Waals surface area contributed by atoms with Crippen LogP contribution < -0.4 is 9.93 Å². The van der Waals surface area contributed by atoms with Gasteiger partial charge in [0.25, 0.3) is 10.0 Å². The van der Waals surface area contributed by atoms with Crippen LogP contribution in [0.15, 0.2) is 86.9 Å². The number of esters is 1. The number of para-hydroxylation sites is 1. The Labute approximate surface area is 229 Å². The molecule has 204 valence electrons. The average molecular weight is 548 g/mol. The summed E-state index contributed by atoms with van der Waals surface area (Å²) in [6.45, 7) is 8.27. The van der Waals surface area contributed by atoms with Crippen molar-refractivity contribution in [2.75, 3.05) is 10.8 Å². The Kier molecular flexibility index (Phi) is 8.55. The molecule has 0 aliphatic heterocycles. The number of fused-ring (bicyclic) bond motifs is 1. The third-order valence-corrected chi connectivity index (χ3v) is 8.44. The van der Waals surface area contributed by atoms with E-state index in [1.807, 2.05) is 32.0 Å². The summed E-state index contributed by atoms with van der Waals surface area (Å²) in [6.07, 6.45) is 1.52. The molecule has 0 spiro atoms. The molecule has 39 heavy (non-hydrogen) atoms. The highest BCUT2D eigenvalue weighted by molar-refractivity contribution is 7.92. The van der Waals surface area contributed by atoms with Crippen molar-refractivity contribution in [3.63, 3.8) is 0 Å². The number of sulfonamides is 1. The van der Waals surface area contributed by atoms with Crippen molar-refractivity contribution in [2.45, 2.75) is 58.0 Å². The maximum atomic E-state index is 13.6. The van der Waals surface area contributed by atoms with E-state index in [1.54, 1.807) is 24.3 Å². The minimum atomic E-state index is -3.93. The second-order valence-corrected chi connectivity index (χ2v) is 11.7. The zero-order chi connectivity index (χ0) is 28.2. The Bertz CT molecular complexity index is 1640. The van der Waals surface area contributed by atoms with E-state index in [1.165, 1.54) is 34.6 Å². The fourth-order valence-electron chi connectivity index (χ4n) is 4.55. The molecular formula is C31H33NO6S. The van der Waals surface area contributed by atoms with Crippen LogP contribution in [0.5, 0.6) is 0 Å². The van der Waals surface area contributed by atoms with Gasteiger partial charge in [0.2, 0.25) is 0 Å². The summed E-state index contributed by atoms with van der Waals surface area (Å²) in [6, 6.07) is 19.8. The number of anilines is 1. The van der Waals surface area contributed by atoms with Crippen LogP contribution in [0.25, 0.3) is 11.0 Å². The van der Waals surface area contributed by atoms with Gasteiger partial charge in [0.1, 0.15) is 12.2 Å². The van der Waals surface area contributed by atoms with Crippen molar-refractivity contribution in [3.05, 3.63) is 105 Å². The van der Waals surface area contributed by atoms with Crippen molar-refractivity contribution in [1.29, 1.82) is 0 Å². The first-order chi connectivity index (χ1) is 18.6. The van der Waals surface area contributed by atoms with E-state index in [9.17, 15) is 18.0 Å². The number of nitrogens with zero attached hydrogens (tertiary/aromatic N) is 1. The van der Waals surface area contributed by atoms with Crippen molar-refractivity contribution < 1.29 is 22.4 Å². The molecule has 4 rings (SSSR count). The maximum absolute atomic E-state index is 13.6. The zero-order valence-corrected chi connectivity index (χ0v) is 23.5. The predicted octanol–water partition coefficient (Wildman–Crippen LogP) is 6.58. The molecule has 0 amide bonds. The van der Waals surface area contributed by atoms with Crippen molar-refractivity contribution in [2.24, 2.45) is 0 Å². The molecule has 0 bridgehead atoms. The summed E-state index contributed by atoms with van der Waals surface area (Å²) in [5, 5.41) is 0.697. The van der Waals surface area contributed by atoms with Gasteiger partial charge < -0.3 is 9.15 Å². The fourth-order valence-corrected chi connectivity index (χ4v) is 6.10. The minimum absolute atomic E-state index is 0.000220. The molecule has 0 aliphatic rings. The Hall–Kier alpha value is -3.91. The van der Waals surface area contributed by atoms with Crippen LogP contribution in [-0.2, 0) is 21.4 Å². The quantitative estimate of drug-likeness (QED) is 0.164. The van der Waals surface area contributed by atoms with Gasteiger partial charge in [-0.25, -0.2) is 18.0 Å². The lowest BCUT2D eigenvalue weighted by molar-refractivity contribution is 0.0473. The van der Waals surface area contributed by atoms with Crippen LogP contribution in [0, 0.1) is 6.92 Å². The largest absolute Gasteiger partial charge is 0.457 e. The van der Waals surface area contributed by atoms with Gasteiger partial charge in [-0.2, -0.15) is 0 Å². The Morgan fingerprint density at radius 1 is 1.00 bits per heavy atom. The van der Waals surface area contributed by atoms with Gasteiger partial charge in [-0.1, -0.05) is 51.5 Å². The predicted molar refractivity (Wildman–Crippen MR) is 153 cm³/mol. The van der Waals surface area contributed by atoms with Crippen LogP contribution in [0.2, 0.25) is 0 Å². The first-order valence-corrected chi connectivity index (χ1v) is 14.5. The van der Waals surface area contributed by atoms with E-state index in [0.29, 0.717) is 35.2 Å². The summed E-state index contributed by atoms with van der Waals surface area (Å²) < 4.78 is 39.5. The summed E-state index contributed by atoms with van der Waals surface area (Å²) in [4.78, 5) is 25.2. The van der Waals surface area contributed by atoms with E-state index < -0.39 is 21.6 Å². The molecular weight excluding hydrogens is 514 g/mol. The van der Waals surface area contributed by atoms with Crippen molar-refractivity contribution in [1.82, 2.24) is 0 Å². The number of aryl methyl sites for hydroxylation is 1. The molecule has 7 nitrogen and oxygen atoms in total. The summed E-state index contributed by atoms with van der Waals surface area (Å²) in [5.41, 5.74) is 3.19. The van der Waals surface area contributed by atoms with E-state index in [2.05, 4.69) is 13.8 Å². The molecule has 0 saturated carbocycles. The van der Waals surface area contributed by atoms with Crippen LogP contribution >= 0.6 is 0 Å². The Balaban J connectivity index is 1.61. The number of ether oxygens (including phenoxy) is 1. The Morgan fingerprint density at radius 3 is 2.44 bits per heavy atom. The van der Waals surface area contributed by atoms with Crippen LogP contribution in [-0.4, -0.2) is 20.9 Å². The number of rotatable bonds is 10. The van der Waals surface area contributed by atoms with Gasteiger partial charge in [-0.3, -0.25) is 4.31 Å². The highest BCUT2D eigenvalue weighted by atomic mass is 32.2. The molecule has 0 radical (unpaired) electrons. The van der Waals surface area contributed by atoms with Gasteiger partial charge in [0.05, 0.1) is 16.1 Å². The molecule has 0 saturated heterocycles. The summed E-state index contributed by atoms with van der Waals surface area (Å²) >= 11 is 0. The lowest BCUT2D eigenvalue weighted by atomic mass is 9.95. The number of benzene rings is 3. The molecule has 0 unspecified atom stereocenters. The maximum Gasteiger partial charge on any atom is 0.338 e. The van der Waals surface area contributed by atoms with E-state index in [0.717, 1.165) is 17.5 Å². The van der Waals surface area contributed by atoms with Gasteiger partial charge in [-0.05, 0) is 72.9 Å². The van der Waals surface area contributed by atoms with Crippen LogP contribution in [0.3, 0.4) is 0 Å². The monoisotopic (exact) mass is 547 g/mol. The van der Waals surface area contributed by atoms with Crippen molar-refractivity contribution >= 4 is 32.6 Å². The third-order valence-electron chi connectivity index (χ3n) is 6.61. The minimum Gasteiger partial charge on any atom is -0.457 e. The standard InChI is InChI=1S/C31H33NO6S/c1-5-6-15-32(25-12-8-7-9-13-25)39(35,36)26-14-10-11-23(17-26)31(34)37-20-24-18-30(33)38-29-16-22(4)27(21(2)3)19-28(24)29/h7-14,16-19,21H,5-6,15,20H2,1-4H3. The number of hydrogen-bond donors (Lipinski definition) is 0. The SMILES string of the molecule is CCCCN(c1ccccc1)S(=O)(=O)c1cccc(C(=O)OCc2cc(=O)oc3cc(C)c(C(C)C)cc23)c1. The summed E-state index contributed by atoms with van der Waals surface area (Å²) in [5.74, 6) is -0.432. The number of hydrogen-bond acceptors (Lipinski definition) is 6. The van der Waals surface area contributed by atoms with E-state index in [-0.39, 0.29) is 23.0 Å². The number of carbonyl (C=O) groups is 1. The van der Waals surface area contributed by atoms with Gasteiger partial charge in [0.15, 0.2) is 0 Å². The molecule has 8 heteroatoms. The highest BCUT2D eigenvalue weighted by Gasteiger charge is 2.25. The van der Waals surface area contributed by atoms with Gasteiger partial charge in [-0.15, -0.1) is 0 Å². The second kappa shape index (κ2) is 11.9. The average Bonchev–Trinajstić information content (AvgIpc) is 2.91. The first kappa shape index (κ1) is 28.1. The molecule has 1 aromatic heterocycles. The normalized spacial score (nSPS) is 11.6. The zero-order valence-electron chi connectivity index (χ0n) is 22.6. The molecule has 0 atom stereocenters. The lowest BCUT2D eigenvalue weighted by Crippen LogP contribution is -2.32. The van der Waals surface area contributed by atoms with Gasteiger partial charge >= 0.3 is 11.6 Å². The van der Waals surface area contributed by atoms with Crippen LogP contribution in [0.4, 0.5) is 5.69 Å². The molecule has 4 aromatic rings. The van der Waals surface area contributed by atoms with Crippen LogP contribution in [0.1, 0.15) is 66.6 Å².